The molecular weight excluding hydrogens is 266 g/mol. The first-order chi connectivity index (χ1) is 9.52. The number of hydrogen-bond acceptors (Lipinski definition) is 5. The second-order valence-electron chi connectivity index (χ2n) is 3.84. The predicted octanol–water partition coefficient (Wildman–Crippen LogP) is 1.25. The smallest absolute Gasteiger partial charge is 0.356 e. The summed E-state index contributed by atoms with van der Waals surface area (Å²) >= 11 is 0. The third-order valence-electron chi connectivity index (χ3n) is 2.51. The molecule has 104 valence electrons. The van der Waals surface area contributed by atoms with Crippen molar-refractivity contribution in [1.82, 2.24) is 9.78 Å². The van der Waals surface area contributed by atoms with Crippen LogP contribution in [0.4, 0.5) is 5.69 Å². The quantitative estimate of drug-likeness (QED) is 0.514. The largest absolute Gasteiger partial charge is 0.461 e. The van der Waals surface area contributed by atoms with Crippen LogP contribution < -0.4 is 5.56 Å². The number of carbonyl (C=O) groups is 1. The van der Waals surface area contributed by atoms with E-state index in [-0.39, 0.29) is 23.7 Å². The number of benzene rings is 1. The molecule has 0 amide bonds. The molecule has 0 aliphatic heterocycles. The van der Waals surface area contributed by atoms with Gasteiger partial charge in [0.2, 0.25) is 0 Å². The average Bonchev–Trinajstić information content (AvgIpc) is 2.81. The van der Waals surface area contributed by atoms with Crippen LogP contribution in [0.5, 0.6) is 0 Å². The Bertz CT molecular complexity index is 716. The summed E-state index contributed by atoms with van der Waals surface area (Å²) in [6, 6.07) is 6.58. The van der Waals surface area contributed by atoms with Crippen molar-refractivity contribution in [3.63, 3.8) is 0 Å². The summed E-state index contributed by atoms with van der Waals surface area (Å²) in [7, 11) is 0. The molecule has 1 aromatic carbocycles. The summed E-state index contributed by atoms with van der Waals surface area (Å²) in [5.41, 5.74) is -0.404. The molecule has 1 aromatic heterocycles. The Morgan fingerprint density at radius 1 is 1.45 bits per heavy atom. The monoisotopic (exact) mass is 277 g/mol. The summed E-state index contributed by atoms with van der Waals surface area (Å²) < 4.78 is 5.80. The number of nitrogens with zero attached hydrogens (tertiary/aromatic N) is 2. The lowest BCUT2D eigenvalue weighted by Gasteiger charge is -2.02. The second kappa shape index (κ2) is 5.39. The highest BCUT2D eigenvalue weighted by Gasteiger charge is 2.14. The van der Waals surface area contributed by atoms with Crippen LogP contribution in [0.25, 0.3) is 5.69 Å². The molecule has 0 spiro atoms. The normalized spacial score (nSPS) is 10.2. The van der Waals surface area contributed by atoms with E-state index >= 15 is 0 Å². The van der Waals surface area contributed by atoms with E-state index in [2.05, 4.69) is 5.10 Å². The lowest BCUT2D eigenvalue weighted by atomic mass is 10.3. The van der Waals surface area contributed by atoms with E-state index in [1.54, 1.807) is 6.92 Å². The fraction of sp³-hybridized carbons (Fsp3) is 0.167. The van der Waals surface area contributed by atoms with E-state index < -0.39 is 16.5 Å². The van der Waals surface area contributed by atoms with Crippen molar-refractivity contribution in [1.29, 1.82) is 0 Å². The van der Waals surface area contributed by atoms with E-state index in [4.69, 9.17) is 4.74 Å². The van der Waals surface area contributed by atoms with Crippen molar-refractivity contribution in [2.75, 3.05) is 6.61 Å². The Morgan fingerprint density at radius 2 is 2.20 bits per heavy atom. The Balaban J connectivity index is 2.43. The van der Waals surface area contributed by atoms with Gasteiger partial charge < -0.3 is 4.74 Å². The zero-order valence-corrected chi connectivity index (χ0v) is 10.5. The molecule has 0 atom stereocenters. The number of non-ortho nitro benzene ring substituents is 1. The molecule has 1 heterocycles. The summed E-state index contributed by atoms with van der Waals surface area (Å²) in [6.07, 6.45) is 0. The highest BCUT2D eigenvalue weighted by atomic mass is 16.6. The van der Waals surface area contributed by atoms with Crippen molar-refractivity contribution in [3.05, 3.63) is 56.5 Å². The first-order valence-electron chi connectivity index (χ1n) is 5.77. The van der Waals surface area contributed by atoms with Crippen molar-refractivity contribution in [2.45, 2.75) is 6.92 Å². The maximum atomic E-state index is 11.8. The van der Waals surface area contributed by atoms with Crippen LogP contribution in [0, 0.1) is 10.1 Å². The van der Waals surface area contributed by atoms with Gasteiger partial charge in [-0.2, -0.15) is 0 Å². The van der Waals surface area contributed by atoms with Gasteiger partial charge in [0.05, 0.1) is 17.2 Å². The van der Waals surface area contributed by atoms with Gasteiger partial charge in [-0.25, -0.2) is 9.48 Å². The van der Waals surface area contributed by atoms with Gasteiger partial charge in [0.25, 0.3) is 11.2 Å². The van der Waals surface area contributed by atoms with Crippen LogP contribution in [0.15, 0.2) is 35.1 Å². The van der Waals surface area contributed by atoms with Gasteiger partial charge in [-0.05, 0) is 13.0 Å². The Kier molecular flexibility index (Phi) is 3.65. The first-order valence-corrected chi connectivity index (χ1v) is 5.77. The fourth-order valence-corrected chi connectivity index (χ4v) is 1.65. The lowest BCUT2D eigenvalue weighted by Crippen LogP contribution is -2.13. The summed E-state index contributed by atoms with van der Waals surface area (Å²) in [5.74, 6) is -0.659. The molecule has 8 heteroatoms. The second-order valence-corrected chi connectivity index (χ2v) is 3.84. The summed E-state index contributed by atoms with van der Waals surface area (Å²) in [5, 5.41) is 13.3. The number of aromatic nitrogens is 2. The van der Waals surface area contributed by atoms with Crippen LogP contribution in [-0.2, 0) is 4.74 Å². The molecule has 0 saturated carbocycles. The number of esters is 1. The van der Waals surface area contributed by atoms with Gasteiger partial charge in [0.15, 0.2) is 0 Å². The van der Waals surface area contributed by atoms with Crippen LogP contribution in [-0.4, -0.2) is 27.3 Å². The molecule has 2 aromatic rings. The number of ether oxygens (including phenoxy) is 1. The van der Waals surface area contributed by atoms with Crippen LogP contribution in [0.3, 0.4) is 0 Å². The lowest BCUT2D eigenvalue weighted by molar-refractivity contribution is -0.384. The molecule has 0 unspecified atom stereocenters. The Hall–Kier alpha value is -2.90. The number of nitrogens with one attached hydrogen (secondary N) is 1. The molecule has 1 N–H and O–H groups in total. The highest BCUT2D eigenvalue weighted by Crippen LogP contribution is 2.15. The van der Waals surface area contributed by atoms with Crippen molar-refractivity contribution < 1.29 is 14.5 Å². The van der Waals surface area contributed by atoms with E-state index in [0.29, 0.717) is 0 Å². The minimum absolute atomic E-state index is 0.0108. The Labute approximate surface area is 112 Å². The summed E-state index contributed by atoms with van der Waals surface area (Å²) in [6.45, 7) is 1.83. The zero-order valence-electron chi connectivity index (χ0n) is 10.5. The number of nitro benzene ring substituents is 1. The van der Waals surface area contributed by atoms with Crippen LogP contribution in [0.2, 0.25) is 0 Å². The minimum atomic E-state index is -0.659. The predicted molar refractivity (Wildman–Crippen MR) is 69.0 cm³/mol. The topological polar surface area (TPSA) is 107 Å². The van der Waals surface area contributed by atoms with Crippen molar-refractivity contribution >= 4 is 11.7 Å². The van der Waals surface area contributed by atoms with Gasteiger partial charge in [-0.3, -0.25) is 20.0 Å². The van der Waals surface area contributed by atoms with Crippen LogP contribution >= 0.6 is 0 Å². The molecule has 0 saturated heterocycles. The van der Waals surface area contributed by atoms with Gasteiger partial charge in [-0.15, -0.1) is 0 Å². The number of aromatic amines is 1. The molecular formula is C12H11N3O5. The maximum absolute atomic E-state index is 11.8. The molecule has 0 fully saturated rings. The van der Waals surface area contributed by atoms with E-state index in [0.717, 1.165) is 10.7 Å². The fourth-order valence-electron chi connectivity index (χ4n) is 1.65. The standard InChI is InChI=1S/C12H11N3O5/c1-2-20-12(17)10-7-11(16)14(13-10)8-4-3-5-9(6-8)15(18)19/h3-7,13H,2H2,1H3. The minimum Gasteiger partial charge on any atom is -0.461 e. The number of carbonyl (C=O) groups excluding carboxylic acids is 1. The van der Waals surface area contributed by atoms with Gasteiger partial charge in [0, 0.05) is 18.2 Å². The van der Waals surface area contributed by atoms with Gasteiger partial charge in [-0.1, -0.05) is 6.07 Å². The number of nitro groups is 1. The maximum Gasteiger partial charge on any atom is 0.356 e. The molecule has 2 rings (SSSR count). The third-order valence-corrected chi connectivity index (χ3v) is 2.51. The van der Waals surface area contributed by atoms with Crippen molar-refractivity contribution in [2.24, 2.45) is 0 Å². The zero-order chi connectivity index (χ0) is 14.7. The molecule has 0 aliphatic rings. The SMILES string of the molecule is CCOC(=O)c1cc(=O)n(-c2cccc([N+](=O)[O-])c2)[nH]1. The number of rotatable bonds is 4. The Morgan fingerprint density at radius 3 is 2.85 bits per heavy atom. The molecule has 0 bridgehead atoms. The number of hydrogen-bond donors (Lipinski definition) is 1. The van der Waals surface area contributed by atoms with Crippen LogP contribution in [0.1, 0.15) is 17.4 Å². The number of H-pyrrole nitrogens is 1. The van der Waals surface area contributed by atoms with Gasteiger partial charge in [0.1, 0.15) is 5.69 Å². The van der Waals surface area contributed by atoms with E-state index in [9.17, 15) is 19.7 Å². The van der Waals surface area contributed by atoms with E-state index in [1.807, 2.05) is 0 Å². The molecule has 0 aliphatic carbocycles. The van der Waals surface area contributed by atoms with Crippen molar-refractivity contribution in [3.8, 4) is 5.69 Å². The highest BCUT2D eigenvalue weighted by molar-refractivity contribution is 5.87. The average molecular weight is 277 g/mol. The molecule has 0 radical (unpaired) electrons. The molecule has 8 nitrogen and oxygen atoms in total. The molecule has 20 heavy (non-hydrogen) atoms. The third kappa shape index (κ3) is 2.58. The van der Waals surface area contributed by atoms with E-state index in [1.165, 1.54) is 24.3 Å². The van der Waals surface area contributed by atoms with Gasteiger partial charge >= 0.3 is 5.97 Å². The first kappa shape index (κ1) is 13.5. The summed E-state index contributed by atoms with van der Waals surface area (Å²) in [4.78, 5) is 33.4.